The van der Waals surface area contributed by atoms with Crippen LogP contribution in [0.3, 0.4) is 0 Å². The van der Waals surface area contributed by atoms with Crippen LogP contribution >= 0.6 is 15.9 Å². The van der Waals surface area contributed by atoms with E-state index in [1.165, 1.54) is 4.90 Å². The van der Waals surface area contributed by atoms with Crippen LogP contribution in [0.5, 0.6) is 0 Å². The van der Waals surface area contributed by atoms with Gasteiger partial charge in [-0.25, -0.2) is 4.98 Å². The van der Waals surface area contributed by atoms with E-state index >= 15 is 0 Å². The lowest BCUT2D eigenvalue weighted by atomic mass is 9.96. The molecule has 7 nitrogen and oxygen atoms in total. The summed E-state index contributed by atoms with van der Waals surface area (Å²) in [5.74, 6) is 0.828. The average Bonchev–Trinajstić information content (AvgIpc) is 3.34. The number of para-hydroxylation sites is 2. The lowest BCUT2D eigenvalue weighted by molar-refractivity contribution is -0.132. The molecule has 5 rings (SSSR count). The highest BCUT2D eigenvalue weighted by atomic mass is 79.9. The van der Waals surface area contributed by atoms with Gasteiger partial charge in [-0.1, -0.05) is 28.1 Å². The molecule has 1 aromatic heterocycles. The average molecular weight is 495 g/mol. The van der Waals surface area contributed by atoms with E-state index < -0.39 is 0 Å². The number of likely N-dealkylation sites (tertiary alicyclic amines) is 1. The van der Waals surface area contributed by atoms with E-state index in [-0.39, 0.29) is 24.3 Å². The first-order chi connectivity index (χ1) is 15.5. The summed E-state index contributed by atoms with van der Waals surface area (Å²) < 4.78 is 0.764. The third kappa shape index (κ3) is 3.83. The van der Waals surface area contributed by atoms with E-state index in [1.807, 2.05) is 29.2 Å². The molecule has 3 heterocycles. The number of hydrogen-bond acceptors (Lipinski definition) is 4. The third-order valence-corrected chi connectivity index (χ3v) is 6.84. The Labute approximate surface area is 193 Å². The van der Waals surface area contributed by atoms with Gasteiger partial charge in [0.1, 0.15) is 5.82 Å². The van der Waals surface area contributed by atoms with E-state index in [9.17, 15) is 14.4 Å². The largest absolute Gasteiger partial charge is 0.343 e. The first-order valence-electron chi connectivity index (χ1n) is 10.9. The molecule has 0 saturated carbocycles. The molecule has 0 atom stereocenters. The van der Waals surface area contributed by atoms with Crippen molar-refractivity contribution in [3.63, 3.8) is 0 Å². The number of halogens is 1. The second-order valence-electron chi connectivity index (χ2n) is 8.35. The van der Waals surface area contributed by atoms with Crippen LogP contribution < -0.4 is 0 Å². The van der Waals surface area contributed by atoms with Crippen LogP contribution in [0.15, 0.2) is 46.9 Å². The molecule has 2 aliphatic rings. The molecule has 1 N–H and O–H groups in total. The van der Waals surface area contributed by atoms with Gasteiger partial charge in [-0.3, -0.25) is 19.3 Å². The maximum Gasteiger partial charge on any atom is 0.261 e. The second kappa shape index (κ2) is 8.50. The van der Waals surface area contributed by atoms with Crippen LogP contribution in [0, 0.1) is 0 Å². The normalized spacial score (nSPS) is 16.8. The minimum absolute atomic E-state index is 0.0763. The molecule has 2 aliphatic heterocycles. The van der Waals surface area contributed by atoms with Gasteiger partial charge in [0, 0.05) is 36.4 Å². The molecule has 164 valence electrons. The summed E-state index contributed by atoms with van der Waals surface area (Å²) in [6.07, 6.45) is 2.54. The Morgan fingerprint density at radius 1 is 1.06 bits per heavy atom. The first-order valence-corrected chi connectivity index (χ1v) is 11.7. The van der Waals surface area contributed by atoms with Gasteiger partial charge in [-0.05, 0) is 49.6 Å². The van der Waals surface area contributed by atoms with Gasteiger partial charge in [-0.2, -0.15) is 0 Å². The SMILES string of the molecule is O=C(CCCN1C(=O)c2ccc(Br)cc2C1=O)N1CCC(c2nc3ccccc3[nH]2)CC1. The molecule has 1 saturated heterocycles. The smallest absolute Gasteiger partial charge is 0.261 e. The lowest BCUT2D eigenvalue weighted by Gasteiger charge is -2.31. The second-order valence-corrected chi connectivity index (χ2v) is 9.27. The number of benzene rings is 2. The zero-order valence-corrected chi connectivity index (χ0v) is 19.1. The summed E-state index contributed by atoms with van der Waals surface area (Å²) in [7, 11) is 0. The van der Waals surface area contributed by atoms with Crippen LogP contribution in [0.25, 0.3) is 11.0 Å². The van der Waals surface area contributed by atoms with Crippen molar-refractivity contribution in [2.45, 2.75) is 31.6 Å². The van der Waals surface area contributed by atoms with Gasteiger partial charge < -0.3 is 9.88 Å². The molecule has 0 aliphatic carbocycles. The van der Waals surface area contributed by atoms with Crippen LogP contribution in [-0.4, -0.2) is 57.1 Å². The van der Waals surface area contributed by atoms with Gasteiger partial charge in [0.15, 0.2) is 0 Å². The molecule has 32 heavy (non-hydrogen) atoms. The Balaban J connectivity index is 1.12. The van der Waals surface area contributed by atoms with Gasteiger partial charge in [0.25, 0.3) is 11.8 Å². The number of H-pyrrole nitrogens is 1. The standard InChI is InChI=1S/C24H23BrN4O3/c25-16-7-8-17-18(14-16)24(32)29(23(17)31)11-3-6-21(30)28-12-9-15(10-13-28)22-26-19-4-1-2-5-20(19)27-22/h1-2,4-5,7-8,14-15H,3,6,9-13H2,(H,26,27). The highest BCUT2D eigenvalue weighted by Gasteiger charge is 2.35. The zero-order chi connectivity index (χ0) is 22.2. The highest BCUT2D eigenvalue weighted by molar-refractivity contribution is 9.10. The minimum Gasteiger partial charge on any atom is -0.343 e. The maximum atomic E-state index is 12.7. The van der Waals surface area contributed by atoms with Crippen molar-refractivity contribution in [2.75, 3.05) is 19.6 Å². The molecule has 0 radical (unpaired) electrons. The quantitative estimate of drug-likeness (QED) is 0.540. The maximum absolute atomic E-state index is 12.7. The van der Waals surface area contributed by atoms with E-state index in [0.29, 0.717) is 43.0 Å². The number of piperidine rings is 1. The molecular formula is C24H23BrN4O3. The summed E-state index contributed by atoms with van der Waals surface area (Å²) in [4.78, 5) is 49.0. The van der Waals surface area contributed by atoms with E-state index in [0.717, 1.165) is 34.2 Å². The number of amides is 3. The molecular weight excluding hydrogens is 472 g/mol. The van der Waals surface area contributed by atoms with Crippen molar-refractivity contribution in [3.05, 3.63) is 63.9 Å². The molecule has 2 aromatic carbocycles. The van der Waals surface area contributed by atoms with Crippen molar-refractivity contribution in [3.8, 4) is 0 Å². The summed E-state index contributed by atoms with van der Waals surface area (Å²) in [5.41, 5.74) is 2.86. The molecule has 0 spiro atoms. The van der Waals surface area contributed by atoms with Gasteiger partial charge in [0.05, 0.1) is 22.2 Å². The van der Waals surface area contributed by atoms with Crippen molar-refractivity contribution in [1.29, 1.82) is 0 Å². The fourth-order valence-electron chi connectivity index (χ4n) is 4.58. The van der Waals surface area contributed by atoms with Gasteiger partial charge in [-0.15, -0.1) is 0 Å². The predicted molar refractivity (Wildman–Crippen MR) is 123 cm³/mol. The molecule has 0 unspecified atom stereocenters. The number of nitrogens with zero attached hydrogens (tertiary/aromatic N) is 3. The summed E-state index contributed by atoms with van der Waals surface area (Å²) >= 11 is 3.34. The first kappa shape index (κ1) is 20.9. The third-order valence-electron chi connectivity index (χ3n) is 6.35. The number of aromatic amines is 1. The Kier molecular flexibility index (Phi) is 5.55. The summed E-state index contributed by atoms with van der Waals surface area (Å²) in [5, 5.41) is 0. The Morgan fingerprint density at radius 3 is 2.59 bits per heavy atom. The van der Waals surface area contributed by atoms with Crippen molar-refractivity contribution in [2.24, 2.45) is 0 Å². The topological polar surface area (TPSA) is 86.4 Å². The molecule has 0 bridgehead atoms. The van der Waals surface area contributed by atoms with Crippen molar-refractivity contribution in [1.82, 2.24) is 19.8 Å². The van der Waals surface area contributed by atoms with E-state index in [4.69, 9.17) is 4.98 Å². The number of imide groups is 1. The van der Waals surface area contributed by atoms with Crippen LogP contribution in [0.4, 0.5) is 0 Å². The van der Waals surface area contributed by atoms with E-state index in [1.54, 1.807) is 18.2 Å². The summed E-state index contributed by atoms with van der Waals surface area (Å²) in [6.45, 7) is 1.65. The molecule has 1 fully saturated rings. The number of carbonyl (C=O) groups is 3. The molecule has 3 amide bonds. The zero-order valence-electron chi connectivity index (χ0n) is 17.5. The van der Waals surface area contributed by atoms with Crippen LogP contribution in [0.1, 0.15) is 58.1 Å². The molecule has 8 heteroatoms. The number of imidazole rings is 1. The fourth-order valence-corrected chi connectivity index (χ4v) is 4.94. The Morgan fingerprint density at radius 2 is 1.81 bits per heavy atom. The summed E-state index contributed by atoms with van der Waals surface area (Å²) in [6, 6.07) is 13.1. The van der Waals surface area contributed by atoms with Crippen molar-refractivity contribution < 1.29 is 14.4 Å². The number of fused-ring (bicyclic) bond motifs is 2. The number of hydrogen-bond donors (Lipinski definition) is 1. The number of nitrogens with one attached hydrogen (secondary N) is 1. The fraction of sp³-hybridized carbons (Fsp3) is 0.333. The van der Waals surface area contributed by atoms with E-state index in [2.05, 4.69) is 20.9 Å². The minimum atomic E-state index is -0.287. The van der Waals surface area contributed by atoms with Gasteiger partial charge >= 0.3 is 0 Å². The monoisotopic (exact) mass is 494 g/mol. The lowest BCUT2D eigenvalue weighted by Crippen LogP contribution is -2.38. The molecule has 3 aromatic rings. The number of rotatable bonds is 5. The van der Waals surface area contributed by atoms with Crippen molar-refractivity contribution >= 4 is 44.7 Å². The number of carbonyl (C=O) groups excluding carboxylic acids is 3. The Bertz CT molecular complexity index is 1180. The van der Waals surface area contributed by atoms with Gasteiger partial charge in [0.2, 0.25) is 5.91 Å². The number of aromatic nitrogens is 2. The van der Waals surface area contributed by atoms with Crippen LogP contribution in [-0.2, 0) is 4.79 Å². The Hall–Kier alpha value is -3.00. The highest BCUT2D eigenvalue weighted by Crippen LogP contribution is 2.29. The predicted octanol–water partition coefficient (Wildman–Crippen LogP) is 4.11. The van der Waals surface area contributed by atoms with Crippen LogP contribution in [0.2, 0.25) is 0 Å².